The van der Waals surface area contributed by atoms with Crippen molar-refractivity contribution < 1.29 is 0 Å². The highest BCUT2D eigenvalue weighted by Crippen LogP contribution is 2.17. The molecule has 0 spiro atoms. The fraction of sp³-hybridized carbons (Fsp3) is 0.364. The lowest BCUT2D eigenvalue weighted by atomic mass is 10.1. The van der Waals surface area contributed by atoms with E-state index in [1.807, 2.05) is 0 Å². The molecule has 4 nitrogen and oxygen atoms in total. The summed E-state index contributed by atoms with van der Waals surface area (Å²) in [6.07, 6.45) is 6.87. The number of aryl methyl sites for hydroxylation is 4. The molecule has 4 aromatic rings. The first-order valence-corrected chi connectivity index (χ1v) is 9.58. The number of hydrogen-bond donors (Lipinski definition) is 2. The summed E-state index contributed by atoms with van der Waals surface area (Å²) >= 11 is 0. The van der Waals surface area contributed by atoms with Crippen LogP contribution < -0.4 is 0 Å². The van der Waals surface area contributed by atoms with Gasteiger partial charge in [-0.05, 0) is 62.1 Å². The Morgan fingerprint density at radius 2 is 1.12 bits per heavy atom. The van der Waals surface area contributed by atoms with Crippen molar-refractivity contribution >= 4 is 22.1 Å². The third kappa shape index (κ3) is 3.79. The van der Waals surface area contributed by atoms with Crippen molar-refractivity contribution in [3.05, 3.63) is 59.2 Å². The second kappa shape index (κ2) is 7.32. The molecule has 0 aliphatic carbocycles. The molecule has 134 valence electrons. The second-order valence-corrected chi connectivity index (χ2v) is 7.32. The standard InChI is InChI=1S/C22H26N4/c1-15-9-11-17-19(13-15)25-21(23-17)7-5-3-4-6-8-22-24-18-12-10-16(2)14-20(18)26-22/h9-14H,3-8H2,1-2H3,(H,23,25)(H,24,26). The maximum absolute atomic E-state index is 4.68. The van der Waals surface area contributed by atoms with Gasteiger partial charge in [-0.15, -0.1) is 0 Å². The molecule has 4 heteroatoms. The van der Waals surface area contributed by atoms with Crippen LogP contribution in [0, 0.1) is 13.8 Å². The minimum atomic E-state index is 1.03. The molecule has 0 aliphatic rings. The van der Waals surface area contributed by atoms with Gasteiger partial charge in [-0.1, -0.05) is 25.0 Å². The Bertz CT molecular complexity index is 941. The van der Waals surface area contributed by atoms with Gasteiger partial charge in [0.1, 0.15) is 11.6 Å². The zero-order valence-electron chi connectivity index (χ0n) is 15.6. The van der Waals surface area contributed by atoms with Gasteiger partial charge in [0, 0.05) is 12.8 Å². The van der Waals surface area contributed by atoms with Crippen LogP contribution in [0.15, 0.2) is 36.4 Å². The third-order valence-corrected chi connectivity index (χ3v) is 4.95. The predicted molar refractivity (Wildman–Crippen MR) is 108 cm³/mol. The SMILES string of the molecule is Cc1ccc2nc(CCCCCCc3nc4ccc(C)cc4[nH]3)[nH]c2c1. The third-order valence-electron chi connectivity index (χ3n) is 4.95. The molecule has 0 bridgehead atoms. The highest BCUT2D eigenvalue weighted by molar-refractivity contribution is 5.76. The average molecular weight is 346 g/mol. The fourth-order valence-electron chi connectivity index (χ4n) is 3.53. The van der Waals surface area contributed by atoms with Crippen LogP contribution in [-0.2, 0) is 12.8 Å². The molecule has 0 saturated carbocycles. The number of aromatic nitrogens is 4. The molecule has 0 amide bonds. The van der Waals surface area contributed by atoms with Crippen LogP contribution in [-0.4, -0.2) is 19.9 Å². The van der Waals surface area contributed by atoms with E-state index in [9.17, 15) is 0 Å². The van der Waals surface area contributed by atoms with Gasteiger partial charge in [-0.2, -0.15) is 0 Å². The number of imidazole rings is 2. The van der Waals surface area contributed by atoms with E-state index in [4.69, 9.17) is 0 Å². The van der Waals surface area contributed by atoms with Crippen LogP contribution in [0.25, 0.3) is 22.1 Å². The summed E-state index contributed by atoms with van der Waals surface area (Å²) < 4.78 is 0. The first-order valence-electron chi connectivity index (χ1n) is 9.58. The summed E-state index contributed by atoms with van der Waals surface area (Å²) in [4.78, 5) is 16.3. The predicted octanol–water partition coefficient (Wildman–Crippen LogP) is 5.40. The van der Waals surface area contributed by atoms with Crippen LogP contribution in [0.4, 0.5) is 0 Å². The van der Waals surface area contributed by atoms with Crippen molar-refractivity contribution in [2.45, 2.75) is 52.4 Å². The topological polar surface area (TPSA) is 57.4 Å². The lowest BCUT2D eigenvalue weighted by Gasteiger charge is -1.99. The molecule has 2 aromatic heterocycles. The van der Waals surface area contributed by atoms with Crippen molar-refractivity contribution in [1.29, 1.82) is 0 Å². The van der Waals surface area contributed by atoms with Gasteiger partial charge in [0.15, 0.2) is 0 Å². The maximum Gasteiger partial charge on any atom is 0.107 e. The quantitative estimate of drug-likeness (QED) is 0.440. The first kappa shape index (κ1) is 16.8. The number of rotatable bonds is 7. The average Bonchev–Trinajstić information content (AvgIpc) is 3.20. The molecule has 0 radical (unpaired) electrons. The van der Waals surface area contributed by atoms with Crippen LogP contribution in [0.5, 0.6) is 0 Å². The highest BCUT2D eigenvalue weighted by Gasteiger charge is 2.04. The van der Waals surface area contributed by atoms with E-state index in [1.54, 1.807) is 0 Å². The van der Waals surface area contributed by atoms with Crippen molar-refractivity contribution in [1.82, 2.24) is 19.9 Å². The number of hydrogen-bond acceptors (Lipinski definition) is 2. The van der Waals surface area contributed by atoms with Gasteiger partial charge in [0.05, 0.1) is 22.1 Å². The maximum atomic E-state index is 4.68. The van der Waals surface area contributed by atoms with Crippen LogP contribution in [0.2, 0.25) is 0 Å². The Hall–Kier alpha value is -2.62. The van der Waals surface area contributed by atoms with Gasteiger partial charge >= 0.3 is 0 Å². The molecule has 0 unspecified atom stereocenters. The number of fused-ring (bicyclic) bond motifs is 2. The smallest absolute Gasteiger partial charge is 0.107 e. The molecule has 0 fully saturated rings. The molecule has 0 atom stereocenters. The van der Waals surface area contributed by atoms with Gasteiger partial charge in [0.2, 0.25) is 0 Å². The Balaban J connectivity index is 1.22. The molecule has 4 rings (SSSR count). The van der Waals surface area contributed by atoms with E-state index >= 15 is 0 Å². The summed E-state index contributed by atoms with van der Waals surface area (Å²) in [6, 6.07) is 12.8. The lowest BCUT2D eigenvalue weighted by Crippen LogP contribution is -1.91. The molecular formula is C22H26N4. The second-order valence-electron chi connectivity index (χ2n) is 7.32. The normalized spacial score (nSPS) is 11.6. The monoisotopic (exact) mass is 346 g/mol. The number of H-pyrrole nitrogens is 2. The summed E-state index contributed by atoms with van der Waals surface area (Å²) in [5.41, 5.74) is 7.00. The molecule has 0 aliphatic heterocycles. The van der Waals surface area contributed by atoms with E-state index in [1.165, 1.54) is 36.8 Å². The van der Waals surface area contributed by atoms with Gasteiger partial charge in [-0.25, -0.2) is 9.97 Å². The van der Waals surface area contributed by atoms with Gasteiger partial charge < -0.3 is 9.97 Å². The van der Waals surface area contributed by atoms with Crippen molar-refractivity contribution in [3.8, 4) is 0 Å². The Morgan fingerprint density at radius 3 is 1.58 bits per heavy atom. The molecule has 2 aromatic carbocycles. The largest absolute Gasteiger partial charge is 0.342 e. The number of nitrogens with one attached hydrogen (secondary N) is 2. The van der Waals surface area contributed by atoms with E-state index in [0.717, 1.165) is 46.6 Å². The molecule has 2 heterocycles. The summed E-state index contributed by atoms with van der Waals surface area (Å²) in [5.74, 6) is 2.22. The Labute approximate surface area is 154 Å². The highest BCUT2D eigenvalue weighted by atomic mass is 14.9. The molecule has 26 heavy (non-hydrogen) atoms. The van der Waals surface area contributed by atoms with Gasteiger partial charge in [0.25, 0.3) is 0 Å². The van der Waals surface area contributed by atoms with E-state index < -0.39 is 0 Å². The Morgan fingerprint density at radius 1 is 0.654 bits per heavy atom. The summed E-state index contributed by atoms with van der Waals surface area (Å²) in [7, 11) is 0. The van der Waals surface area contributed by atoms with Crippen molar-refractivity contribution in [2.75, 3.05) is 0 Å². The molecular weight excluding hydrogens is 320 g/mol. The minimum Gasteiger partial charge on any atom is -0.342 e. The van der Waals surface area contributed by atoms with Gasteiger partial charge in [-0.3, -0.25) is 0 Å². The van der Waals surface area contributed by atoms with Crippen LogP contribution in [0.3, 0.4) is 0 Å². The number of unbranched alkanes of at least 4 members (excludes halogenated alkanes) is 3. The van der Waals surface area contributed by atoms with E-state index in [0.29, 0.717) is 0 Å². The number of aromatic amines is 2. The zero-order valence-corrected chi connectivity index (χ0v) is 15.6. The number of nitrogens with zero attached hydrogens (tertiary/aromatic N) is 2. The van der Waals surface area contributed by atoms with Crippen LogP contribution >= 0.6 is 0 Å². The Kier molecular flexibility index (Phi) is 4.74. The van der Waals surface area contributed by atoms with Crippen molar-refractivity contribution in [2.24, 2.45) is 0 Å². The molecule has 0 saturated heterocycles. The van der Waals surface area contributed by atoms with E-state index in [2.05, 4.69) is 70.2 Å². The summed E-state index contributed by atoms with van der Waals surface area (Å²) in [5, 5.41) is 0. The van der Waals surface area contributed by atoms with Crippen molar-refractivity contribution in [3.63, 3.8) is 0 Å². The molecule has 2 N–H and O–H groups in total. The van der Waals surface area contributed by atoms with E-state index in [-0.39, 0.29) is 0 Å². The lowest BCUT2D eigenvalue weighted by molar-refractivity contribution is 0.625. The zero-order chi connectivity index (χ0) is 17.9. The first-order chi connectivity index (χ1) is 12.7. The number of benzene rings is 2. The summed E-state index contributed by atoms with van der Waals surface area (Å²) in [6.45, 7) is 4.23. The van der Waals surface area contributed by atoms with Crippen LogP contribution in [0.1, 0.15) is 48.5 Å². The minimum absolute atomic E-state index is 1.03. The fourth-order valence-corrected chi connectivity index (χ4v) is 3.53.